The van der Waals surface area contributed by atoms with E-state index in [2.05, 4.69) is 5.32 Å². The van der Waals surface area contributed by atoms with E-state index in [1.54, 1.807) is 12.1 Å². The summed E-state index contributed by atoms with van der Waals surface area (Å²) >= 11 is 5.89. The molecule has 5 nitrogen and oxygen atoms in total. The molecule has 0 saturated heterocycles. The minimum atomic E-state index is -0.543. The van der Waals surface area contributed by atoms with Gasteiger partial charge in [-0.3, -0.25) is 4.79 Å². The minimum Gasteiger partial charge on any atom is -0.496 e. The molecule has 1 N–H and O–H groups in total. The normalized spacial score (nSPS) is 10.3. The largest absolute Gasteiger partial charge is 0.496 e. The fourth-order valence-corrected chi connectivity index (χ4v) is 2.52. The molecular formula is C20H22ClNO4. The zero-order valence-electron chi connectivity index (χ0n) is 14.9. The lowest BCUT2D eigenvalue weighted by molar-refractivity contribution is -0.121. The monoisotopic (exact) mass is 375 g/mol. The van der Waals surface area contributed by atoms with Gasteiger partial charge >= 0.3 is 5.97 Å². The first-order valence-electron chi connectivity index (χ1n) is 8.32. The molecule has 0 heterocycles. The van der Waals surface area contributed by atoms with E-state index in [0.29, 0.717) is 23.6 Å². The smallest absolute Gasteiger partial charge is 0.342 e. The second kappa shape index (κ2) is 9.82. The summed E-state index contributed by atoms with van der Waals surface area (Å²) < 4.78 is 10.3. The van der Waals surface area contributed by atoms with Crippen molar-refractivity contribution in [1.82, 2.24) is 5.32 Å². The molecule has 0 atom stereocenters. The molecule has 0 fully saturated rings. The zero-order chi connectivity index (χ0) is 18.9. The summed E-state index contributed by atoms with van der Waals surface area (Å²) in [6.45, 7) is 2.35. The second-order valence-corrected chi connectivity index (χ2v) is 6.25. The van der Waals surface area contributed by atoms with Gasteiger partial charge in [0.05, 0.1) is 13.7 Å². The fourth-order valence-electron chi connectivity index (χ4n) is 2.35. The van der Waals surface area contributed by atoms with Crippen molar-refractivity contribution in [2.45, 2.75) is 19.8 Å². The Morgan fingerprint density at radius 3 is 2.54 bits per heavy atom. The number of carbonyl (C=O) groups is 2. The Morgan fingerprint density at radius 2 is 1.85 bits per heavy atom. The minimum absolute atomic E-state index is 0.0742. The predicted octanol–water partition coefficient (Wildman–Crippen LogP) is 3.56. The number of methoxy groups -OCH3 is 1. The van der Waals surface area contributed by atoms with Crippen LogP contribution in [0, 0.1) is 6.92 Å². The fraction of sp³-hybridized carbons (Fsp3) is 0.300. The molecule has 6 heteroatoms. The summed E-state index contributed by atoms with van der Waals surface area (Å²) in [5.74, 6) is -0.234. The quantitative estimate of drug-likeness (QED) is 0.566. The highest BCUT2D eigenvalue weighted by Gasteiger charge is 2.14. The van der Waals surface area contributed by atoms with Crippen LogP contribution in [0.25, 0.3) is 0 Å². The summed E-state index contributed by atoms with van der Waals surface area (Å²) in [5, 5.41) is 3.16. The van der Waals surface area contributed by atoms with E-state index in [1.807, 2.05) is 31.2 Å². The molecule has 0 aliphatic carbocycles. The highest BCUT2D eigenvalue weighted by molar-refractivity contribution is 6.31. The zero-order valence-corrected chi connectivity index (χ0v) is 15.6. The molecular weight excluding hydrogens is 354 g/mol. The molecule has 0 bridgehead atoms. The Bertz CT molecular complexity index is 759. The van der Waals surface area contributed by atoms with Crippen molar-refractivity contribution in [2.24, 2.45) is 0 Å². The summed E-state index contributed by atoms with van der Waals surface area (Å²) in [7, 11) is 1.47. The Kier molecular flexibility index (Phi) is 7.48. The maximum Gasteiger partial charge on any atom is 0.342 e. The first-order chi connectivity index (χ1) is 12.5. The van der Waals surface area contributed by atoms with Gasteiger partial charge in [-0.2, -0.15) is 0 Å². The molecule has 0 aliphatic rings. The number of hydrogen-bond donors (Lipinski definition) is 1. The van der Waals surface area contributed by atoms with E-state index >= 15 is 0 Å². The number of ether oxygens (including phenoxy) is 2. The van der Waals surface area contributed by atoms with Crippen molar-refractivity contribution in [3.05, 3.63) is 64.2 Å². The number of nitrogens with one attached hydrogen (secondary N) is 1. The van der Waals surface area contributed by atoms with Crippen molar-refractivity contribution >= 4 is 23.5 Å². The van der Waals surface area contributed by atoms with Crippen LogP contribution in [0.3, 0.4) is 0 Å². The maximum absolute atomic E-state index is 12.1. The van der Waals surface area contributed by atoms with Gasteiger partial charge in [-0.15, -0.1) is 0 Å². The average molecular weight is 376 g/mol. The second-order valence-electron chi connectivity index (χ2n) is 5.82. The third-order valence-corrected chi connectivity index (χ3v) is 4.04. The predicted molar refractivity (Wildman–Crippen MR) is 101 cm³/mol. The van der Waals surface area contributed by atoms with Crippen LogP contribution >= 0.6 is 11.6 Å². The van der Waals surface area contributed by atoms with Crippen LogP contribution in [0.1, 0.15) is 27.9 Å². The summed E-state index contributed by atoms with van der Waals surface area (Å²) in [4.78, 5) is 23.9. The van der Waals surface area contributed by atoms with E-state index in [-0.39, 0.29) is 24.6 Å². The molecule has 138 valence electrons. The van der Waals surface area contributed by atoms with Gasteiger partial charge in [0.15, 0.2) is 0 Å². The molecule has 1 amide bonds. The van der Waals surface area contributed by atoms with Gasteiger partial charge in [-0.1, -0.05) is 41.4 Å². The van der Waals surface area contributed by atoms with Crippen LogP contribution in [0.4, 0.5) is 0 Å². The van der Waals surface area contributed by atoms with Gasteiger partial charge in [0.1, 0.15) is 17.9 Å². The third-order valence-electron chi connectivity index (χ3n) is 3.80. The number of aryl methyl sites for hydroxylation is 2. The van der Waals surface area contributed by atoms with Crippen LogP contribution < -0.4 is 10.1 Å². The SMILES string of the molecule is COc1ccc(Cl)cc1C(=O)OCCNC(=O)CCc1ccc(C)cc1. The van der Waals surface area contributed by atoms with Crippen molar-refractivity contribution in [3.8, 4) is 5.75 Å². The molecule has 0 aromatic heterocycles. The number of benzene rings is 2. The number of carbonyl (C=O) groups excluding carboxylic acids is 2. The third kappa shape index (κ3) is 6.08. The number of hydrogen-bond acceptors (Lipinski definition) is 4. The maximum atomic E-state index is 12.1. The van der Waals surface area contributed by atoms with Crippen molar-refractivity contribution in [2.75, 3.05) is 20.3 Å². The van der Waals surface area contributed by atoms with E-state index in [4.69, 9.17) is 21.1 Å². The van der Waals surface area contributed by atoms with Gasteiger partial charge in [0, 0.05) is 11.4 Å². The molecule has 2 rings (SSSR count). The van der Waals surface area contributed by atoms with Gasteiger partial charge in [-0.25, -0.2) is 4.79 Å². The summed E-state index contributed by atoms with van der Waals surface area (Å²) in [5.41, 5.74) is 2.56. The van der Waals surface area contributed by atoms with E-state index in [9.17, 15) is 9.59 Å². The number of esters is 1. The first-order valence-corrected chi connectivity index (χ1v) is 8.70. The van der Waals surface area contributed by atoms with E-state index < -0.39 is 5.97 Å². The summed E-state index contributed by atoms with van der Waals surface area (Å²) in [6, 6.07) is 12.8. The van der Waals surface area contributed by atoms with Crippen LogP contribution in [0.5, 0.6) is 5.75 Å². The number of amides is 1. The van der Waals surface area contributed by atoms with E-state index in [0.717, 1.165) is 5.56 Å². The van der Waals surface area contributed by atoms with Gasteiger partial charge < -0.3 is 14.8 Å². The van der Waals surface area contributed by atoms with Crippen molar-refractivity contribution < 1.29 is 19.1 Å². The lowest BCUT2D eigenvalue weighted by Crippen LogP contribution is -2.28. The van der Waals surface area contributed by atoms with E-state index in [1.165, 1.54) is 18.7 Å². The van der Waals surface area contributed by atoms with Crippen LogP contribution in [-0.4, -0.2) is 32.1 Å². The highest BCUT2D eigenvalue weighted by Crippen LogP contribution is 2.23. The summed E-state index contributed by atoms with van der Waals surface area (Å²) in [6.07, 6.45) is 1.06. The molecule has 0 aliphatic heterocycles. The van der Waals surface area contributed by atoms with Crippen LogP contribution in [0.15, 0.2) is 42.5 Å². The molecule has 26 heavy (non-hydrogen) atoms. The topological polar surface area (TPSA) is 64.6 Å². The van der Waals surface area contributed by atoms with Gasteiger partial charge in [0.2, 0.25) is 5.91 Å². The van der Waals surface area contributed by atoms with Gasteiger partial charge in [-0.05, 0) is 37.1 Å². The van der Waals surface area contributed by atoms with Gasteiger partial charge in [0.25, 0.3) is 0 Å². The van der Waals surface area contributed by atoms with Crippen molar-refractivity contribution in [3.63, 3.8) is 0 Å². The lowest BCUT2D eigenvalue weighted by Gasteiger charge is -2.10. The molecule has 0 spiro atoms. The lowest BCUT2D eigenvalue weighted by atomic mass is 10.1. The standard InChI is InChI=1S/C20H22ClNO4/c1-14-3-5-15(6-4-14)7-10-19(23)22-11-12-26-20(24)17-13-16(21)8-9-18(17)25-2/h3-6,8-9,13H,7,10-12H2,1-2H3,(H,22,23). The van der Waals surface area contributed by atoms with Crippen molar-refractivity contribution in [1.29, 1.82) is 0 Å². The number of rotatable bonds is 8. The highest BCUT2D eigenvalue weighted by atomic mass is 35.5. The Balaban J connectivity index is 1.71. The Morgan fingerprint density at radius 1 is 1.12 bits per heavy atom. The average Bonchev–Trinajstić information content (AvgIpc) is 2.64. The molecule has 0 unspecified atom stereocenters. The molecule has 2 aromatic rings. The molecule has 0 radical (unpaired) electrons. The van der Waals surface area contributed by atoms with Crippen LogP contribution in [0.2, 0.25) is 5.02 Å². The Labute approximate surface area is 158 Å². The number of halogens is 1. The first kappa shape index (κ1) is 19.8. The molecule has 0 saturated carbocycles. The van der Waals surface area contributed by atoms with Crippen LogP contribution in [-0.2, 0) is 16.0 Å². The molecule has 2 aromatic carbocycles. The Hall–Kier alpha value is -2.53.